The molecule has 2 aromatic heterocycles. The molecule has 0 radical (unpaired) electrons. The van der Waals surface area contributed by atoms with Gasteiger partial charge < -0.3 is 5.32 Å². The van der Waals surface area contributed by atoms with Crippen molar-refractivity contribution in [2.45, 2.75) is 6.92 Å². The number of aromatic nitrogens is 4. The predicted molar refractivity (Wildman–Crippen MR) is 58.3 cm³/mol. The van der Waals surface area contributed by atoms with Crippen LogP contribution in [-0.4, -0.2) is 19.7 Å². The van der Waals surface area contributed by atoms with Crippen molar-refractivity contribution in [3.8, 4) is 0 Å². The van der Waals surface area contributed by atoms with Crippen molar-refractivity contribution in [3.05, 3.63) is 29.2 Å². The summed E-state index contributed by atoms with van der Waals surface area (Å²) >= 11 is 5.87. The summed E-state index contributed by atoms with van der Waals surface area (Å²) in [7, 11) is 1.84. The quantitative estimate of drug-likeness (QED) is 0.791. The number of anilines is 2. The summed E-state index contributed by atoms with van der Waals surface area (Å²) < 4.78 is 1.69. The lowest BCUT2D eigenvalue weighted by atomic mass is 10.4. The molecule has 0 aliphatic carbocycles. The van der Waals surface area contributed by atoms with Crippen molar-refractivity contribution in [2.75, 3.05) is 5.32 Å². The summed E-state index contributed by atoms with van der Waals surface area (Å²) in [6, 6.07) is 1.83. The molecular formula is C9H10ClN5. The van der Waals surface area contributed by atoms with Gasteiger partial charge in [0.2, 0.25) is 5.95 Å². The molecule has 0 atom stereocenters. The Morgan fingerprint density at radius 1 is 1.47 bits per heavy atom. The summed E-state index contributed by atoms with van der Waals surface area (Å²) in [5.74, 6) is 1.14. The Kier molecular flexibility index (Phi) is 2.55. The number of halogens is 1. The first kappa shape index (κ1) is 9.92. The first-order chi connectivity index (χ1) is 7.15. The van der Waals surface area contributed by atoms with E-state index in [-0.39, 0.29) is 0 Å². The lowest BCUT2D eigenvalue weighted by molar-refractivity contribution is 0.770. The fourth-order valence-electron chi connectivity index (χ4n) is 1.08. The fourth-order valence-corrected chi connectivity index (χ4v) is 1.21. The zero-order valence-corrected chi connectivity index (χ0v) is 9.15. The number of aryl methyl sites for hydroxylation is 2. The van der Waals surface area contributed by atoms with Gasteiger partial charge in [0, 0.05) is 31.1 Å². The third-order valence-electron chi connectivity index (χ3n) is 1.86. The Hall–Kier alpha value is -1.62. The Morgan fingerprint density at radius 2 is 2.27 bits per heavy atom. The third kappa shape index (κ3) is 2.24. The van der Waals surface area contributed by atoms with Crippen LogP contribution in [0.25, 0.3) is 0 Å². The van der Waals surface area contributed by atoms with Crippen molar-refractivity contribution in [1.82, 2.24) is 19.7 Å². The smallest absolute Gasteiger partial charge is 0.229 e. The van der Waals surface area contributed by atoms with Crippen molar-refractivity contribution in [3.63, 3.8) is 0 Å². The molecule has 2 aromatic rings. The van der Waals surface area contributed by atoms with E-state index in [0.29, 0.717) is 16.9 Å². The van der Waals surface area contributed by atoms with Crippen LogP contribution in [-0.2, 0) is 7.05 Å². The second-order valence-corrected chi connectivity index (χ2v) is 3.53. The maximum absolute atomic E-state index is 5.87. The molecule has 0 aliphatic heterocycles. The largest absolute Gasteiger partial charge is 0.307 e. The van der Waals surface area contributed by atoms with Gasteiger partial charge in [0.05, 0.1) is 0 Å². The summed E-state index contributed by atoms with van der Waals surface area (Å²) in [5.41, 5.74) is 0.850. The van der Waals surface area contributed by atoms with Gasteiger partial charge >= 0.3 is 0 Å². The number of rotatable bonds is 2. The van der Waals surface area contributed by atoms with Crippen LogP contribution in [0.15, 0.2) is 18.5 Å². The van der Waals surface area contributed by atoms with E-state index in [1.165, 1.54) is 0 Å². The van der Waals surface area contributed by atoms with E-state index in [9.17, 15) is 0 Å². The molecular weight excluding hydrogens is 214 g/mol. The molecule has 0 saturated heterocycles. The van der Waals surface area contributed by atoms with Crippen LogP contribution in [0.4, 0.5) is 11.8 Å². The minimum Gasteiger partial charge on any atom is -0.307 e. The van der Waals surface area contributed by atoms with Gasteiger partial charge in [-0.25, -0.2) is 9.97 Å². The molecule has 0 aromatic carbocycles. The highest BCUT2D eigenvalue weighted by molar-refractivity contribution is 6.30. The van der Waals surface area contributed by atoms with Crippen molar-refractivity contribution in [1.29, 1.82) is 0 Å². The van der Waals surface area contributed by atoms with Crippen LogP contribution in [0, 0.1) is 6.92 Å². The number of nitrogens with one attached hydrogen (secondary N) is 1. The normalized spacial score (nSPS) is 10.3. The molecule has 1 N–H and O–H groups in total. The van der Waals surface area contributed by atoms with Crippen LogP contribution in [0.2, 0.25) is 5.15 Å². The van der Waals surface area contributed by atoms with Gasteiger partial charge in [0.1, 0.15) is 5.15 Å². The molecule has 0 saturated carbocycles. The molecule has 6 heteroatoms. The minimum atomic E-state index is 0.448. The van der Waals surface area contributed by atoms with E-state index in [4.69, 9.17) is 11.6 Å². The zero-order chi connectivity index (χ0) is 10.8. The van der Waals surface area contributed by atoms with Crippen LogP contribution in [0.5, 0.6) is 0 Å². The average Bonchev–Trinajstić information content (AvgIpc) is 2.58. The molecule has 0 amide bonds. The Morgan fingerprint density at radius 3 is 2.87 bits per heavy atom. The molecule has 0 unspecified atom stereocenters. The van der Waals surface area contributed by atoms with Gasteiger partial charge in [-0.1, -0.05) is 11.6 Å². The van der Waals surface area contributed by atoms with Crippen molar-refractivity contribution < 1.29 is 0 Å². The second kappa shape index (κ2) is 3.86. The lowest BCUT2D eigenvalue weighted by Crippen LogP contribution is -1.99. The fraction of sp³-hybridized carbons (Fsp3) is 0.222. The van der Waals surface area contributed by atoms with Gasteiger partial charge in [0.25, 0.3) is 0 Å². The molecule has 2 rings (SSSR count). The summed E-state index contributed by atoms with van der Waals surface area (Å²) in [5, 5.41) is 7.54. The maximum Gasteiger partial charge on any atom is 0.229 e. The monoisotopic (exact) mass is 223 g/mol. The van der Waals surface area contributed by atoms with E-state index in [0.717, 1.165) is 5.56 Å². The Bertz CT molecular complexity index is 479. The molecule has 15 heavy (non-hydrogen) atoms. The predicted octanol–water partition coefficient (Wildman–Crippen LogP) is 1.92. The first-order valence-corrected chi connectivity index (χ1v) is 4.79. The minimum absolute atomic E-state index is 0.448. The SMILES string of the molecule is Cc1cnc(Nc2ccn(C)n2)nc1Cl. The van der Waals surface area contributed by atoms with E-state index in [2.05, 4.69) is 20.4 Å². The molecule has 0 fully saturated rings. The van der Waals surface area contributed by atoms with Gasteiger partial charge in [-0.3, -0.25) is 4.68 Å². The van der Waals surface area contributed by atoms with Gasteiger partial charge in [-0.15, -0.1) is 0 Å². The Labute approximate surface area is 92.1 Å². The Balaban J connectivity index is 2.21. The van der Waals surface area contributed by atoms with Crippen LogP contribution in [0.3, 0.4) is 0 Å². The van der Waals surface area contributed by atoms with E-state index in [1.54, 1.807) is 10.9 Å². The maximum atomic E-state index is 5.87. The van der Waals surface area contributed by atoms with E-state index in [1.807, 2.05) is 26.2 Å². The molecule has 0 spiro atoms. The zero-order valence-electron chi connectivity index (χ0n) is 8.40. The highest BCUT2D eigenvalue weighted by atomic mass is 35.5. The topological polar surface area (TPSA) is 55.6 Å². The third-order valence-corrected chi connectivity index (χ3v) is 2.25. The second-order valence-electron chi connectivity index (χ2n) is 3.17. The first-order valence-electron chi connectivity index (χ1n) is 4.41. The van der Waals surface area contributed by atoms with E-state index < -0.39 is 0 Å². The number of nitrogens with zero attached hydrogens (tertiary/aromatic N) is 4. The summed E-state index contributed by atoms with van der Waals surface area (Å²) in [6.45, 7) is 1.85. The van der Waals surface area contributed by atoms with Crippen LogP contribution >= 0.6 is 11.6 Å². The highest BCUT2D eigenvalue weighted by Gasteiger charge is 2.02. The molecule has 5 nitrogen and oxygen atoms in total. The molecule has 2 heterocycles. The summed E-state index contributed by atoms with van der Waals surface area (Å²) in [4.78, 5) is 8.16. The van der Waals surface area contributed by atoms with E-state index >= 15 is 0 Å². The molecule has 0 bridgehead atoms. The molecule has 0 aliphatic rings. The standard InChI is InChI=1S/C9H10ClN5/c1-6-5-11-9(13-8(6)10)12-7-3-4-15(2)14-7/h3-5H,1-2H3,(H,11,12,13,14). The number of hydrogen-bond acceptors (Lipinski definition) is 4. The van der Waals surface area contributed by atoms with Gasteiger partial charge in [0.15, 0.2) is 5.82 Å². The molecule has 78 valence electrons. The number of hydrogen-bond donors (Lipinski definition) is 1. The van der Waals surface area contributed by atoms with Crippen molar-refractivity contribution >= 4 is 23.4 Å². The lowest BCUT2D eigenvalue weighted by Gasteiger charge is -2.02. The highest BCUT2D eigenvalue weighted by Crippen LogP contribution is 2.15. The van der Waals surface area contributed by atoms with Gasteiger partial charge in [-0.05, 0) is 6.92 Å². The van der Waals surface area contributed by atoms with Gasteiger partial charge in [-0.2, -0.15) is 5.10 Å². The van der Waals surface area contributed by atoms with Crippen LogP contribution < -0.4 is 5.32 Å². The van der Waals surface area contributed by atoms with Crippen LogP contribution in [0.1, 0.15) is 5.56 Å². The average molecular weight is 224 g/mol. The summed E-state index contributed by atoms with van der Waals surface area (Å²) in [6.07, 6.45) is 3.50. The van der Waals surface area contributed by atoms with Crippen molar-refractivity contribution in [2.24, 2.45) is 7.05 Å².